The molecule has 1 aliphatic heterocycles. The maximum absolute atomic E-state index is 13.2. The van der Waals surface area contributed by atoms with Crippen LogP contribution in [0.25, 0.3) is 0 Å². The Bertz CT molecular complexity index is 867. The maximum Gasteiger partial charge on any atom is 0.269 e. The van der Waals surface area contributed by atoms with Gasteiger partial charge in [0.05, 0.1) is 5.92 Å². The summed E-state index contributed by atoms with van der Waals surface area (Å²) >= 11 is 0. The molecule has 0 saturated carbocycles. The van der Waals surface area contributed by atoms with Gasteiger partial charge in [-0.3, -0.25) is 25.2 Å². The summed E-state index contributed by atoms with van der Waals surface area (Å²) in [4.78, 5) is 38.1. The molecule has 2 aromatic carbocycles. The van der Waals surface area contributed by atoms with E-state index < -0.39 is 23.5 Å². The van der Waals surface area contributed by atoms with E-state index in [0.29, 0.717) is 0 Å². The molecule has 7 heteroatoms. The van der Waals surface area contributed by atoms with E-state index in [1.807, 2.05) is 24.3 Å². The number of carbonyl (C=O) groups excluding carboxylic acids is 3. The highest BCUT2D eigenvalue weighted by atomic mass is 19.1. The fraction of sp³-hybridized carbons (Fsp3) is 0.250. The first-order valence-electron chi connectivity index (χ1n) is 8.73. The van der Waals surface area contributed by atoms with Gasteiger partial charge in [0.15, 0.2) is 0 Å². The van der Waals surface area contributed by atoms with Gasteiger partial charge in [-0.15, -0.1) is 0 Å². The van der Waals surface area contributed by atoms with Crippen molar-refractivity contribution in [1.29, 1.82) is 0 Å². The third-order valence-corrected chi connectivity index (χ3v) is 4.54. The Labute approximate surface area is 156 Å². The van der Waals surface area contributed by atoms with Gasteiger partial charge in [0.2, 0.25) is 11.8 Å². The Morgan fingerprint density at radius 1 is 1.15 bits per heavy atom. The van der Waals surface area contributed by atoms with Crippen molar-refractivity contribution in [3.63, 3.8) is 0 Å². The summed E-state index contributed by atoms with van der Waals surface area (Å²) in [5.74, 6) is -2.34. The second-order valence-electron chi connectivity index (χ2n) is 6.38. The lowest BCUT2D eigenvalue weighted by molar-refractivity contribution is -0.126. The number of benzene rings is 2. The largest absolute Gasteiger partial charge is 0.312 e. The van der Waals surface area contributed by atoms with E-state index in [1.54, 1.807) is 4.90 Å². The van der Waals surface area contributed by atoms with Gasteiger partial charge < -0.3 is 4.90 Å². The van der Waals surface area contributed by atoms with Crippen LogP contribution in [-0.4, -0.2) is 24.3 Å². The lowest BCUT2D eigenvalue weighted by atomic mass is 10.1. The fourth-order valence-electron chi connectivity index (χ4n) is 2.97. The van der Waals surface area contributed by atoms with Crippen LogP contribution in [0.3, 0.4) is 0 Å². The van der Waals surface area contributed by atoms with Crippen molar-refractivity contribution >= 4 is 23.4 Å². The number of aryl methyl sites for hydroxylation is 1. The molecule has 1 saturated heterocycles. The number of hydrazine groups is 1. The number of anilines is 1. The summed E-state index contributed by atoms with van der Waals surface area (Å²) in [6, 6.07) is 12.8. The molecule has 2 N–H and O–H groups in total. The molecule has 27 heavy (non-hydrogen) atoms. The molecule has 1 atom stereocenters. The number of rotatable bonds is 4. The van der Waals surface area contributed by atoms with Crippen molar-refractivity contribution in [3.8, 4) is 0 Å². The number of carbonyl (C=O) groups is 3. The highest BCUT2D eigenvalue weighted by molar-refractivity contribution is 6.01. The van der Waals surface area contributed by atoms with Crippen LogP contribution in [0.1, 0.15) is 29.3 Å². The van der Waals surface area contributed by atoms with Crippen molar-refractivity contribution in [2.45, 2.75) is 19.8 Å². The van der Waals surface area contributed by atoms with Gasteiger partial charge in [-0.05, 0) is 42.3 Å². The van der Waals surface area contributed by atoms with Crippen LogP contribution in [0.15, 0.2) is 48.5 Å². The minimum absolute atomic E-state index is 0.0667. The van der Waals surface area contributed by atoms with Crippen molar-refractivity contribution in [2.75, 3.05) is 11.4 Å². The molecule has 0 bridgehead atoms. The van der Waals surface area contributed by atoms with Gasteiger partial charge in [0.25, 0.3) is 5.91 Å². The molecular weight excluding hydrogens is 349 g/mol. The van der Waals surface area contributed by atoms with Crippen LogP contribution in [0.2, 0.25) is 0 Å². The number of halogens is 1. The molecule has 2 aromatic rings. The first-order valence-corrected chi connectivity index (χ1v) is 8.73. The summed E-state index contributed by atoms with van der Waals surface area (Å²) in [5, 5.41) is 0. The van der Waals surface area contributed by atoms with Crippen LogP contribution in [-0.2, 0) is 16.0 Å². The first kappa shape index (κ1) is 18.6. The van der Waals surface area contributed by atoms with Crippen molar-refractivity contribution in [2.24, 2.45) is 5.92 Å². The van der Waals surface area contributed by atoms with E-state index >= 15 is 0 Å². The maximum atomic E-state index is 13.2. The Hall–Kier alpha value is -3.22. The molecule has 1 heterocycles. The number of hydrogen-bond donors (Lipinski definition) is 2. The van der Waals surface area contributed by atoms with E-state index in [9.17, 15) is 18.8 Å². The Kier molecular flexibility index (Phi) is 5.49. The summed E-state index contributed by atoms with van der Waals surface area (Å²) in [5.41, 5.74) is 6.57. The van der Waals surface area contributed by atoms with Crippen LogP contribution in [0.5, 0.6) is 0 Å². The molecule has 0 unspecified atom stereocenters. The minimum Gasteiger partial charge on any atom is -0.312 e. The Morgan fingerprint density at radius 2 is 1.89 bits per heavy atom. The predicted molar refractivity (Wildman–Crippen MR) is 98.3 cm³/mol. The Balaban J connectivity index is 1.57. The first-order chi connectivity index (χ1) is 13.0. The van der Waals surface area contributed by atoms with E-state index in [-0.39, 0.29) is 24.4 Å². The van der Waals surface area contributed by atoms with Gasteiger partial charge >= 0.3 is 0 Å². The summed E-state index contributed by atoms with van der Waals surface area (Å²) < 4.78 is 13.2. The molecule has 0 spiro atoms. The van der Waals surface area contributed by atoms with Crippen LogP contribution < -0.4 is 15.8 Å². The highest BCUT2D eigenvalue weighted by Crippen LogP contribution is 2.25. The third kappa shape index (κ3) is 4.31. The van der Waals surface area contributed by atoms with Gasteiger partial charge in [-0.1, -0.05) is 25.1 Å². The second-order valence-corrected chi connectivity index (χ2v) is 6.38. The smallest absolute Gasteiger partial charge is 0.269 e. The van der Waals surface area contributed by atoms with E-state index in [1.165, 1.54) is 23.8 Å². The number of nitrogens with one attached hydrogen (secondary N) is 2. The summed E-state index contributed by atoms with van der Waals surface area (Å²) in [6.45, 7) is 2.29. The number of hydrogen-bond acceptors (Lipinski definition) is 3. The van der Waals surface area contributed by atoms with Gasteiger partial charge in [0, 0.05) is 24.2 Å². The fourth-order valence-corrected chi connectivity index (χ4v) is 2.97. The second kappa shape index (κ2) is 7.99. The standard InChI is InChI=1S/C20H20FN3O3/c1-2-13-6-8-17(9-7-13)24-12-15(11-18(24)25)20(27)23-22-19(26)14-4-3-5-16(21)10-14/h3-10,15H,2,11-12H2,1H3,(H,22,26)(H,23,27)/t15-/m0/s1. The molecule has 1 fully saturated rings. The minimum atomic E-state index is -0.626. The number of nitrogens with zero attached hydrogens (tertiary/aromatic N) is 1. The zero-order chi connectivity index (χ0) is 19.4. The van der Waals surface area contributed by atoms with Gasteiger partial charge in [-0.2, -0.15) is 0 Å². The van der Waals surface area contributed by atoms with Crippen molar-refractivity contribution in [3.05, 3.63) is 65.5 Å². The molecule has 0 aliphatic carbocycles. The predicted octanol–water partition coefficient (Wildman–Crippen LogP) is 2.20. The average Bonchev–Trinajstić information content (AvgIpc) is 3.07. The average molecular weight is 369 g/mol. The summed E-state index contributed by atoms with van der Waals surface area (Å²) in [6.07, 6.45) is 0.974. The quantitative estimate of drug-likeness (QED) is 0.811. The zero-order valence-corrected chi connectivity index (χ0v) is 14.9. The lowest BCUT2D eigenvalue weighted by Gasteiger charge is -2.17. The van der Waals surface area contributed by atoms with Gasteiger partial charge in [-0.25, -0.2) is 4.39 Å². The molecule has 0 radical (unpaired) electrons. The van der Waals surface area contributed by atoms with Crippen LogP contribution in [0, 0.1) is 11.7 Å². The van der Waals surface area contributed by atoms with Crippen LogP contribution in [0.4, 0.5) is 10.1 Å². The van der Waals surface area contributed by atoms with Crippen molar-refractivity contribution < 1.29 is 18.8 Å². The normalized spacial score (nSPS) is 16.3. The highest BCUT2D eigenvalue weighted by Gasteiger charge is 2.35. The number of amides is 3. The van der Waals surface area contributed by atoms with Crippen LogP contribution >= 0.6 is 0 Å². The molecule has 1 aliphatic rings. The molecular formula is C20H20FN3O3. The molecule has 3 amide bonds. The van der Waals surface area contributed by atoms with E-state index in [4.69, 9.17) is 0 Å². The Morgan fingerprint density at radius 3 is 2.56 bits per heavy atom. The van der Waals surface area contributed by atoms with Crippen molar-refractivity contribution in [1.82, 2.24) is 10.9 Å². The molecule has 140 valence electrons. The lowest BCUT2D eigenvalue weighted by Crippen LogP contribution is -2.45. The summed E-state index contributed by atoms with van der Waals surface area (Å²) in [7, 11) is 0. The molecule has 0 aromatic heterocycles. The molecule has 6 nitrogen and oxygen atoms in total. The molecule has 3 rings (SSSR count). The zero-order valence-electron chi connectivity index (χ0n) is 14.9. The van der Waals surface area contributed by atoms with E-state index in [0.717, 1.165) is 18.2 Å². The topological polar surface area (TPSA) is 78.5 Å². The third-order valence-electron chi connectivity index (χ3n) is 4.54. The van der Waals surface area contributed by atoms with Gasteiger partial charge in [0.1, 0.15) is 5.82 Å². The SMILES string of the molecule is CCc1ccc(N2C[C@@H](C(=O)NNC(=O)c3cccc(F)c3)CC2=O)cc1. The van der Waals surface area contributed by atoms with E-state index in [2.05, 4.69) is 17.8 Å². The monoisotopic (exact) mass is 369 g/mol.